The molecular formula is C23H27N5O2. The van der Waals surface area contributed by atoms with Gasteiger partial charge in [-0.2, -0.15) is 0 Å². The number of fused-ring (bicyclic) bond motifs is 1. The molecule has 0 aliphatic carbocycles. The molecule has 0 saturated carbocycles. The predicted molar refractivity (Wildman–Crippen MR) is 116 cm³/mol. The van der Waals surface area contributed by atoms with Crippen molar-refractivity contribution in [1.29, 1.82) is 0 Å². The van der Waals surface area contributed by atoms with Crippen LogP contribution in [-0.4, -0.2) is 40.6 Å². The Hall–Kier alpha value is -3.22. The van der Waals surface area contributed by atoms with E-state index in [4.69, 9.17) is 4.74 Å². The van der Waals surface area contributed by atoms with Crippen molar-refractivity contribution in [2.75, 3.05) is 24.6 Å². The average Bonchev–Trinajstić information content (AvgIpc) is 2.79. The highest BCUT2D eigenvalue weighted by Crippen LogP contribution is 2.25. The summed E-state index contributed by atoms with van der Waals surface area (Å²) in [6.45, 7) is 6.20. The summed E-state index contributed by atoms with van der Waals surface area (Å²) in [4.78, 5) is 28.1. The molecule has 0 spiro atoms. The first-order chi connectivity index (χ1) is 14.6. The number of piperidine rings is 1. The van der Waals surface area contributed by atoms with Crippen LogP contribution in [-0.2, 0) is 4.79 Å². The molecule has 1 N–H and O–H groups in total. The van der Waals surface area contributed by atoms with Gasteiger partial charge in [0.25, 0.3) is 0 Å². The molecule has 1 saturated heterocycles. The van der Waals surface area contributed by atoms with Crippen LogP contribution in [0, 0.1) is 5.92 Å². The third-order valence-corrected chi connectivity index (χ3v) is 5.52. The maximum Gasteiger partial charge on any atom is 0.225 e. The number of pyridine rings is 1. The fourth-order valence-electron chi connectivity index (χ4n) is 3.88. The second kappa shape index (κ2) is 9.07. The van der Waals surface area contributed by atoms with Crippen molar-refractivity contribution in [3.05, 3.63) is 54.5 Å². The first-order valence-corrected chi connectivity index (χ1v) is 10.5. The van der Waals surface area contributed by atoms with Gasteiger partial charge in [-0.05, 0) is 50.5 Å². The van der Waals surface area contributed by atoms with Gasteiger partial charge in [0, 0.05) is 25.5 Å². The van der Waals surface area contributed by atoms with Crippen LogP contribution in [0.1, 0.15) is 38.3 Å². The van der Waals surface area contributed by atoms with Crippen molar-refractivity contribution in [1.82, 2.24) is 20.3 Å². The Morgan fingerprint density at radius 3 is 2.83 bits per heavy atom. The molecule has 7 nitrogen and oxygen atoms in total. The predicted octanol–water partition coefficient (Wildman–Crippen LogP) is 3.52. The van der Waals surface area contributed by atoms with Gasteiger partial charge in [0.1, 0.15) is 11.3 Å². The van der Waals surface area contributed by atoms with Crippen LogP contribution in [0.3, 0.4) is 0 Å². The van der Waals surface area contributed by atoms with E-state index in [9.17, 15) is 4.79 Å². The van der Waals surface area contributed by atoms with Crippen LogP contribution < -0.4 is 15.0 Å². The average molecular weight is 406 g/mol. The van der Waals surface area contributed by atoms with Gasteiger partial charge in [-0.3, -0.25) is 9.78 Å². The zero-order chi connectivity index (χ0) is 20.9. The van der Waals surface area contributed by atoms with E-state index >= 15 is 0 Å². The first kappa shape index (κ1) is 20.1. The normalized spacial score (nSPS) is 17.5. The minimum absolute atomic E-state index is 0.0542. The number of amides is 1. The monoisotopic (exact) mass is 405 g/mol. The fraction of sp³-hybridized carbons (Fsp3) is 0.391. The Morgan fingerprint density at radius 2 is 2.03 bits per heavy atom. The highest BCUT2D eigenvalue weighted by molar-refractivity contribution is 5.80. The third kappa shape index (κ3) is 4.50. The lowest BCUT2D eigenvalue weighted by molar-refractivity contribution is -0.125. The van der Waals surface area contributed by atoms with Gasteiger partial charge in [-0.1, -0.05) is 12.1 Å². The summed E-state index contributed by atoms with van der Waals surface area (Å²) in [7, 11) is 0. The Bertz CT molecular complexity index is 1010. The largest absolute Gasteiger partial charge is 0.494 e. The van der Waals surface area contributed by atoms with E-state index in [1.807, 2.05) is 50.4 Å². The molecule has 1 aliphatic rings. The minimum Gasteiger partial charge on any atom is -0.494 e. The Kier molecular flexibility index (Phi) is 6.07. The molecule has 156 valence electrons. The molecule has 30 heavy (non-hydrogen) atoms. The van der Waals surface area contributed by atoms with Crippen LogP contribution in [0.4, 0.5) is 5.69 Å². The van der Waals surface area contributed by atoms with E-state index < -0.39 is 0 Å². The number of carbonyl (C=O) groups excluding carboxylic acids is 1. The molecule has 2 aromatic heterocycles. The van der Waals surface area contributed by atoms with E-state index in [1.54, 1.807) is 12.4 Å². The quantitative estimate of drug-likeness (QED) is 0.676. The highest BCUT2D eigenvalue weighted by atomic mass is 16.5. The Labute approximate surface area is 176 Å². The summed E-state index contributed by atoms with van der Waals surface area (Å²) in [5.74, 6) is 0.882. The van der Waals surface area contributed by atoms with Crippen molar-refractivity contribution in [3.63, 3.8) is 0 Å². The lowest BCUT2D eigenvalue weighted by atomic mass is 9.96. The number of rotatable bonds is 6. The molecule has 0 bridgehead atoms. The SMILES string of the molecule is CCOc1ccc(C(C)NC(=O)C2CCCN(c3cnc4nccnc4c3)C2)cc1. The highest BCUT2D eigenvalue weighted by Gasteiger charge is 2.27. The number of nitrogens with zero attached hydrogens (tertiary/aromatic N) is 4. The standard InChI is InChI=1S/C23H27N5O2/c1-3-30-20-8-6-17(7-9-20)16(2)27-23(29)18-5-4-12-28(15-18)19-13-21-22(26-14-19)25-11-10-24-21/h6-11,13-14,16,18H,3-5,12,15H2,1-2H3,(H,27,29). The number of benzene rings is 1. The fourth-order valence-corrected chi connectivity index (χ4v) is 3.88. The summed E-state index contributed by atoms with van der Waals surface area (Å²) >= 11 is 0. The maximum absolute atomic E-state index is 12.9. The van der Waals surface area contributed by atoms with Crippen LogP contribution in [0.25, 0.3) is 11.2 Å². The van der Waals surface area contributed by atoms with E-state index in [1.165, 1.54) is 0 Å². The second-order valence-corrected chi connectivity index (χ2v) is 7.61. The molecule has 4 rings (SSSR count). The molecule has 1 amide bonds. The number of hydrogen-bond acceptors (Lipinski definition) is 6. The summed E-state index contributed by atoms with van der Waals surface area (Å²) in [5, 5.41) is 3.17. The molecule has 7 heteroatoms. The molecule has 2 unspecified atom stereocenters. The van der Waals surface area contributed by atoms with E-state index in [0.29, 0.717) is 18.8 Å². The molecule has 1 aromatic carbocycles. The van der Waals surface area contributed by atoms with Crippen molar-refractivity contribution >= 4 is 22.8 Å². The smallest absolute Gasteiger partial charge is 0.225 e. The summed E-state index contributed by atoms with van der Waals surface area (Å²) in [6, 6.07) is 9.84. The zero-order valence-electron chi connectivity index (χ0n) is 17.4. The van der Waals surface area contributed by atoms with Gasteiger partial charge >= 0.3 is 0 Å². The van der Waals surface area contributed by atoms with Crippen molar-refractivity contribution in [2.45, 2.75) is 32.7 Å². The van der Waals surface area contributed by atoms with Gasteiger partial charge in [0.05, 0.1) is 30.5 Å². The van der Waals surface area contributed by atoms with Crippen LogP contribution in [0.2, 0.25) is 0 Å². The molecular weight excluding hydrogens is 378 g/mol. The molecule has 2 atom stereocenters. The van der Waals surface area contributed by atoms with Gasteiger partial charge in [0.15, 0.2) is 5.65 Å². The van der Waals surface area contributed by atoms with Crippen LogP contribution >= 0.6 is 0 Å². The summed E-state index contributed by atoms with van der Waals surface area (Å²) in [5.41, 5.74) is 3.46. The number of anilines is 1. The number of nitrogens with one attached hydrogen (secondary N) is 1. The summed E-state index contributed by atoms with van der Waals surface area (Å²) < 4.78 is 5.49. The van der Waals surface area contributed by atoms with Crippen molar-refractivity contribution in [3.8, 4) is 5.75 Å². The van der Waals surface area contributed by atoms with Gasteiger partial charge in [-0.15, -0.1) is 0 Å². The van der Waals surface area contributed by atoms with E-state index in [2.05, 4.69) is 25.2 Å². The lowest BCUT2D eigenvalue weighted by Gasteiger charge is -2.34. The second-order valence-electron chi connectivity index (χ2n) is 7.61. The number of hydrogen-bond donors (Lipinski definition) is 1. The minimum atomic E-state index is -0.0545. The van der Waals surface area contributed by atoms with Gasteiger partial charge < -0.3 is 15.0 Å². The van der Waals surface area contributed by atoms with E-state index in [-0.39, 0.29) is 17.9 Å². The molecule has 0 radical (unpaired) electrons. The Morgan fingerprint density at radius 1 is 1.23 bits per heavy atom. The van der Waals surface area contributed by atoms with Crippen LogP contribution in [0.5, 0.6) is 5.75 Å². The molecule has 3 aromatic rings. The molecule has 1 fully saturated rings. The first-order valence-electron chi connectivity index (χ1n) is 10.5. The van der Waals surface area contributed by atoms with E-state index in [0.717, 1.165) is 41.9 Å². The number of aromatic nitrogens is 3. The topological polar surface area (TPSA) is 80.2 Å². The summed E-state index contributed by atoms with van der Waals surface area (Å²) in [6.07, 6.45) is 6.98. The zero-order valence-corrected chi connectivity index (χ0v) is 17.4. The molecule has 1 aliphatic heterocycles. The molecule has 3 heterocycles. The number of ether oxygens (including phenoxy) is 1. The van der Waals surface area contributed by atoms with Crippen molar-refractivity contribution in [2.24, 2.45) is 5.92 Å². The lowest BCUT2D eigenvalue weighted by Crippen LogP contribution is -2.43. The van der Waals surface area contributed by atoms with Crippen LogP contribution in [0.15, 0.2) is 48.9 Å². The maximum atomic E-state index is 12.9. The van der Waals surface area contributed by atoms with Gasteiger partial charge in [-0.25, -0.2) is 9.97 Å². The van der Waals surface area contributed by atoms with Crippen molar-refractivity contribution < 1.29 is 9.53 Å². The Balaban J connectivity index is 1.40. The van der Waals surface area contributed by atoms with Gasteiger partial charge in [0.2, 0.25) is 5.91 Å². The number of carbonyl (C=O) groups is 1. The third-order valence-electron chi connectivity index (χ3n) is 5.52.